The molecule has 0 radical (unpaired) electrons. The maximum absolute atomic E-state index is 4.16. The molecule has 1 aromatic heterocycles. The lowest BCUT2D eigenvalue weighted by molar-refractivity contribution is 1.20. The zero-order valence-electron chi connectivity index (χ0n) is 7.83. The molecule has 0 saturated carbocycles. The Labute approximate surface area is 78.1 Å². The molecule has 1 aliphatic carbocycles. The monoisotopic (exact) mass is 171 g/mol. The first-order valence-corrected chi connectivity index (χ1v) is 4.71. The SMILES string of the molecule is CCC1=c2cnccc2=CCC=C1. The fourth-order valence-corrected chi connectivity index (χ4v) is 1.65. The van der Waals surface area contributed by atoms with E-state index < -0.39 is 0 Å². The van der Waals surface area contributed by atoms with Gasteiger partial charge in [0, 0.05) is 17.6 Å². The van der Waals surface area contributed by atoms with E-state index in [0.717, 1.165) is 12.8 Å². The van der Waals surface area contributed by atoms with Crippen LogP contribution in [0.5, 0.6) is 0 Å². The third kappa shape index (κ3) is 1.55. The van der Waals surface area contributed by atoms with Gasteiger partial charge in [0.05, 0.1) is 0 Å². The third-order valence-corrected chi connectivity index (χ3v) is 2.37. The molecule has 0 fully saturated rings. The second kappa shape index (κ2) is 3.56. The molecule has 0 unspecified atom stereocenters. The van der Waals surface area contributed by atoms with Crippen molar-refractivity contribution in [3.05, 3.63) is 41.0 Å². The van der Waals surface area contributed by atoms with Gasteiger partial charge in [0.15, 0.2) is 0 Å². The van der Waals surface area contributed by atoms with Crippen LogP contribution < -0.4 is 10.4 Å². The second-order valence-corrected chi connectivity index (χ2v) is 3.18. The van der Waals surface area contributed by atoms with E-state index in [-0.39, 0.29) is 0 Å². The lowest BCUT2D eigenvalue weighted by atomic mass is 10.1. The minimum absolute atomic E-state index is 1.03. The third-order valence-electron chi connectivity index (χ3n) is 2.37. The molecule has 0 bridgehead atoms. The Bertz CT molecular complexity index is 440. The molecular formula is C12H13N. The van der Waals surface area contributed by atoms with Crippen LogP contribution in [0.2, 0.25) is 0 Å². The van der Waals surface area contributed by atoms with Crippen molar-refractivity contribution in [2.45, 2.75) is 19.8 Å². The Morgan fingerprint density at radius 2 is 2.38 bits per heavy atom. The molecule has 0 atom stereocenters. The quantitative estimate of drug-likeness (QED) is 0.622. The van der Waals surface area contributed by atoms with Crippen molar-refractivity contribution in [1.82, 2.24) is 4.98 Å². The first-order chi connectivity index (χ1) is 6.42. The molecule has 0 saturated heterocycles. The summed E-state index contributed by atoms with van der Waals surface area (Å²) in [6, 6.07) is 2.08. The van der Waals surface area contributed by atoms with Gasteiger partial charge in [-0.05, 0) is 29.7 Å². The van der Waals surface area contributed by atoms with Gasteiger partial charge >= 0.3 is 0 Å². The number of hydrogen-bond donors (Lipinski definition) is 0. The van der Waals surface area contributed by atoms with Gasteiger partial charge in [0.25, 0.3) is 0 Å². The van der Waals surface area contributed by atoms with Crippen LogP contribution in [-0.2, 0) is 0 Å². The highest BCUT2D eigenvalue weighted by atomic mass is 14.6. The number of fused-ring (bicyclic) bond motifs is 1. The zero-order chi connectivity index (χ0) is 9.10. The van der Waals surface area contributed by atoms with Crippen LogP contribution in [0.1, 0.15) is 19.8 Å². The fourth-order valence-electron chi connectivity index (χ4n) is 1.65. The van der Waals surface area contributed by atoms with Crippen molar-refractivity contribution < 1.29 is 0 Å². The van der Waals surface area contributed by atoms with Crippen molar-refractivity contribution in [3.63, 3.8) is 0 Å². The van der Waals surface area contributed by atoms with Gasteiger partial charge in [0.1, 0.15) is 0 Å². The standard InChI is InChI=1S/C12H13N/c1-2-10-5-3-4-6-11-7-8-13-9-12(10)11/h3,5-9H,2,4H2,1H3. The van der Waals surface area contributed by atoms with Gasteiger partial charge in [-0.1, -0.05) is 25.2 Å². The van der Waals surface area contributed by atoms with E-state index in [1.165, 1.54) is 16.0 Å². The molecule has 1 aliphatic rings. The van der Waals surface area contributed by atoms with Crippen LogP contribution in [0.25, 0.3) is 11.6 Å². The first kappa shape index (κ1) is 8.24. The topological polar surface area (TPSA) is 12.9 Å². The van der Waals surface area contributed by atoms with Crippen LogP contribution in [0.15, 0.2) is 30.6 Å². The van der Waals surface area contributed by atoms with Crippen molar-refractivity contribution in [2.75, 3.05) is 0 Å². The van der Waals surface area contributed by atoms with Crippen molar-refractivity contribution in [1.29, 1.82) is 0 Å². The van der Waals surface area contributed by atoms with Gasteiger partial charge < -0.3 is 0 Å². The number of nitrogens with zero attached hydrogens (tertiary/aromatic N) is 1. The molecule has 0 aromatic carbocycles. The molecule has 0 N–H and O–H groups in total. The zero-order valence-corrected chi connectivity index (χ0v) is 7.83. The van der Waals surface area contributed by atoms with Gasteiger partial charge in [-0.3, -0.25) is 4.98 Å². The minimum atomic E-state index is 1.03. The molecule has 1 heteroatoms. The Kier molecular flexibility index (Phi) is 2.26. The van der Waals surface area contributed by atoms with Crippen LogP contribution in [0.3, 0.4) is 0 Å². The summed E-state index contributed by atoms with van der Waals surface area (Å²) in [5, 5.41) is 2.61. The minimum Gasteiger partial charge on any atom is -0.264 e. The normalized spacial score (nSPS) is 14.7. The molecule has 1 heterocycles. The average Bonchev–Trinajstić information content (AvgIpc) is 2.39. The predicted octanol–water partition coefficient (Wildman–Crippen LogP) is 1.38. The summed E-state index contributed by atoms with van der Waals surface area (Å²) in [5.41, 5.74) is 1.39. The second-order valence-electron chi connectivity index (χ2n) is 3.18. The number of aromatic nitrogens is 1. The summed E-state index contributed by atoms with van der Waals surface area (Å²) in [6.07, 6.45) is 12.6. The fraction of sp³-hybridized carbons (Fsp3) is 0.250. The highest BCUT2D eigenvalue weighted by Gasteiger charge is 1.95. The molecule has 0 aliphatic heterocycles. The molecule has 2 rings (SSSR count). The highest BCUT2D eigenvalue weighted by molar-refractivity contribution is 5.58. The maximum atomic E-state index is 4.16. The lowest BCUT2D eigenvalue weighted by Crippen LogP contribution is -2.26. The Balaban J connectivity index is 2.82. The van der Waals surface area contributed by atoms with E-state index in [2.05, 4.69) is 36.2 Å². The predicted molar refractivity (Wildman–Crippen MR) is 55.4 cm³/mol. The largest absolute Gasteiger partial charge is 0.264 e. The van der Waals surface area contributed by atoms with Crippen molar-refractivity contribution >= 4 is 11.6 Å². The first-order valence-electron chi connectivity index (χ1n) is 4.71. The molecule has 66 valence electrons. The molecule has 0 amide bonds. The number of allylic oxidation sites excluding steroid dienone is 2. The molecule has 13 heavy (non-hydrogen) atoms. The van der Waals surface area contributed by atoms with Crippen molar-refractivity contribution in [2.24, 2.45) is 0 Å². The molecule has 1 aromatic rings. The number of hydrogen-bond acceptors (Lipinski definition) is 1. The summed E-state index contributed by atoms with van der Waals surface area (Å²) in [4.78, 5) is 4.16. The number of rotatable bonds is 1. The van der Waals surface area contributed by atoms with Gasteiger partial charge in [-0.25, -0.2) is 0 Å². The van der Waals surface area contributed by atoms with Crippen LogP contribution in [-0.4, -0.2) is 4.98 Å². The summed E-state index contributed by atoms with van der Waals surface area (Å²) >= 11 is 0. The average molecular weight is 171 g/mol. The highest BCUT2D eigenvalue weighted by Crippen LogP contribution is 2.03. The summed E-state index contributed by atoms with van der Waals surface area (Å²) in [6.45, 7) is 2.18. The van der Waals surface area contributed by atoms with Gasteiger partial charge in [-0.2, -0.15) is 0 Å². The Hall–Kier alpha value is -1.37. The Morgan fingerprint density at radius 1 is 1.46 bits per heavy atom. The van der Waals surface area contributed by atoms with E-state index in [9.17, 15) is 0 Å². The summed E-state index contributed by atoms with van der Waals surface area (Å²) < 4.78 is 0. The van der Waals surface area contributed by atoms with E-state index in [1.54, 1.807) is 0 Å². The van der Waals surface area contributed by atoms with Gasteiger partial charge in [-0.15, -0.1) is 0 Å². The summed E-state index contributed by atoms with van der Waals surface area (Å²) in [7, 11) is 0. The van der Waals surface area contributed by atoms with Crippen LogP contribution in [0, 0.1) is 0 Å². The van der Waals surface area contributed by atoms with Gasteiger partial charge in [0.2, 0.25) is 0 Å². The Morgan fingerprint density at radius 3 is 3.23 bits per heavy atom. The maximum Gasteiger partial charge on any atom is 0.0348 e. The molecule has 1 nitrogen and oxygen atoms in total. The van der Waals surface area contributed by atoms with Crippen molar-refractivity contribution in [3.8, 4) is 0 Å². The number of pyridine rings is 1. The van der Waals surface area contributed by atoms with E-state index in [0.29, 0.717) is 0 Å². The van der Waals surface area contributed by atoms with E-state index >= 15 is 0 Å². The van der Waals surface area contributed by atoms with Crippen LogP contribution >= 0.6 is 0 Å². The molecule has 0 spiro atoms. The van der Waals surface area contributed by atoms with E-state index in [4.69, 9.17) is 0 Å². The van der Waals surface area contributed by atoms with E-state index in [1.807, 2.05) is 12.4 Å². The smallest absolute Gasteiger partial charge is 0.0348 e. The molecular weight excluding hydrogens is 158 g/mol. The van der Waals surface area contributed by atoms with Crippen LogP contribution in [0.4, 0.5) is 0 Å². The summed E-state index contributed by atoms with van der Waals surface area (Å²) in [5.74, 6) is 0. The lowest BCUT2D eigenvalue weighted by Gasteiger charge is -1.95.